The Kier molecular flexibility index (Phi) is 5.36. The van der Waals surface area contributed by atoms with Crippen LogP contribution in [-0.4, -0.2) is 18.0 Å². The number of primary sulfonamides is 1. The van der Waals surface area contributed by atoms with E-state index < -0.39 is 10.0 Å². The lowest BCUT2D eigenvalue weighted by atomic mass is 9.95. The number of imidazole rings is 1. The summed E-state index contributed by atoms with van der Waals surface area (Å²) < 4.78 is 24.9. The van der Waals surface area contributed by atoms with Gasteiger partial charge in [-0.2, -0.15) is 0 Å². The van der Waals surface area contributed by atoms with Gasteiger partial charge in [-0.25, -0.2) is 18.5 Å². The van der Waals surface area contributed by atoms with Gasteiger partial charge in [0.1, 0.15) is 4.21 Å². The lowest BCUT2D eigenvalue weighted by Gasteiger charge is -2.12. The van der Waals surface area contributed by atoms with E-state index in [0.717, 1.165) is 24.3 Å². The highest BCUT2D eigenvalue weighted by atomic mass is 32.2. The first-order valence-corrected chi connectivity index (χ1v) is 10.4. The van der Waals surface area contributed by atoms with Crippen molar-refractivity contribution in [3.8, 4) is 0 Å². The first-order chi connectivity index (χ1) is 11.9. The van der Waals surface area contributed by atoms with E-state index in [-0.39, 0.29) is 4.21 Å². The molecule has 0 spiro atoms. The third-order valence-corrected chi connectivity index (χ3v) is 6.80. The highest BCUT2D eigenvalue weighted by molar-refractivity contribution is 7.91. The molecule has 0 aliphatic rings. The maximum atomic E-state index is 11.3. The van der Waals surface area contributed by atoms with Gasteiger partial charge in [-0.15, -0.1) is 11.3 Å². The summed E-state index contributed by atoms with van der Waals surface area (Å²) in [5.41, 5.74) is 2.53. The van der Waals surface area contributed by atoms with Gasteiger partial charge in [-0.05, 0) is 42.0 Å². The highest BCUT2D eigenvalue weighted by Crippen LogP contribution is 2.26. The largest absolute Gasteiger partial charge is 0.333 e. The van der Waals surface area contributed by atoms with E-state index in [1.807, 2.05) is 23.2 Å². The molecule has 2 aromatic heterocycles. The van der Waals surface area contributed by atoms with Crippen molar-refractivity contribution in [2.75, 3.05) is 0 Å². The van der Waals surface area contributed by atoms with Crippen LogP contribution in [0.25, 0.3) is 0 Å². The van der Waals surface area contributed by atoms with Crippen molar-refractivity contribution in [1.82, 2.24) is 9.55 Å². The molecule has 0 bridgehead atoms. The van der Waals surface area contributed by atoms with Gasteiger partial charge in [0.15, 0.2) is 0 Å². The predicted octanol–water partition coefficient (Wildman–Crippen LogP) is 3.38. The standard InChI is InChI=1S/C18H21N3O2S2/c1-14(2-7-17-8-9-18(24-17)25(19,22)23)16-5-3-15(4-6-16)12-21-11-10-20-13-21/h3-6,8-11,13-14H,2,7,12H2,1H3,(H2,19,22,23). The Balaban J connectivity index is 1.57. The number of thiophene rings is 1. The van der Waals surface area contributed by atoms with Crippen LogP contribution >= 0.6 is 11.3 Å². The SMILES string of the molecule is CC(CCc1ccc(S(N)(=O)=O)s1)c1ccc(Cn2ccnc2)cc1. The third-order valence-electron chi connectivity index (χ3n) is 4.21. The lowest BCUT2D eigenvalue weighted by Crippen LogP contribution is -2.09. The van der Waals surface area contributed by atoms with E-state index in [1.54, 1.807) is 12.3 Å². The molecule has 0 fully saturated rings. The monoisotopic (exact) mass is 375 g/mol. The van der Waals surface area contributed by atoms with Crippen molar-refractivity contribution in [2.24, 2.45) is 5.14 Å². The molecule has 7 heteroatoms. The average molecular weight is 376 g/mol. The normalized spacial score (nSPS) is 13.0. The summed E-state index contributed by atoms with van der Waals surface area (Å²) in [6.45, 7) is 3.01. The Hall–Kier alpha value is -1.96. The fourth-order valence-electron chi connectivity index (χ4n) is 2.71. The summed E-state index contributed by atoms with van der Waals surface area (Å²) in [6, 6.07) is 12.1. The van der Waals surface area contributed by atoms with Gasteiger partial charge in [0, 0.05) is 23.8 Å². The summed E-state index contributed by atoms with van der Waals surface area (Å²) in [4.78, 5) is 5.10. The topological polar surface area (TPSA) is 78.0 Å². The maximum Gasteiger partial charge on any atom is 0.247 e. The van der Waals surface area contributed by atoms with E-state index in [2.05, 4.69) is 36.2 Å². The molecule has 0 aliphatic carbocycles. The quantitative estimate of drug-likeness (QED) is 0.688. The molecule has 2 heterocycles. The minimum Gasteiger partial charge on any atom is -0.333 e. The zero-order chi connectivity index (χ0) is 17.9. The van der Waals surface area contributed by atoms with Crippen molar-refractivity contribution >= 4 is 21.4 Å². The molecule has 1 aromatic carbocycles. The molecule has 0 amide bonds. The summed E-state index contributed by atoms with van der Waals surface area (Å²) in [5.74, 6) is 0.405. The number of sulfonamides is 1. The summed E-state index contributed by atoms with van der Waals surface area (Å²) in [5, 5.41) is 5.16. The van der Waals surface area contributed by atoms with Gasteiger partial charge >= 0.3 is 0 Å². The number of benzene rings is 1. The van der Waals surface area contributed by atoms with Gasteiger partial charge in [0.25, 0.3) is 0 Å². The van der Waals surface area contributed by atoms with Crippen LogP contribution < -0.4 is 5.14 Å². The summed E-state index contributed by atoms with van der Waals surface area (Å²) >= 11 is 1.26. The van der Waals surface area contributed by atoms with E-state index >= 15 is 0 Å². The first kappa shape index (κ1) is 17.8. The Morgan fingerprint density at radius 1 is 1.20 bits per heavy atom. The number of hydrogen-bond acceptors (Lipinski definition) is 4. The number of aromatic nitrogens is 2. The number of aryl methyl sites for hydroxylation is 1. The maximum absolute atomic E-state index is 11.3. The zero-order valence-corrected chi connectivity index (χ0v) is 15.6. The molecule has 0 saturated carbocycles. The number of nitrogens with two attached hydrogens (primary N) is 1. The Morgan fingerprint density at radius 3 is 2.56 bits per heavy atom. The lowest BCUT2D eigenvalue weighted by molar-refractivity contribution is 0.600. The van der Waals surface area contributed by atoms with Crippen LogP contribution in [0.5, 0.6) is 0 Å². The Morgan fingerprint density at radius 2 is 1.96 bits per heavy atom. The van der Waals surface area contributed by atoms with Crippen LogP contribution in [-0.2, 0) is 23.0 Å². The van der Waals surface area contributed by atoms with Gasteiger partial charge in [0.2, 0.25) is 10.0 Å². The second kappa shape index (κ2) is 7.51. The fraction of sp³-hybridized carbons (Fsp3) is 0.278. The molecular weight excluding hydrogens is 354 g/mol. The minimum absolute atomic E-state index is 0.235. The molecular formula is C18H21N3O2S2. The molecule has 0 saturated heterocycles. The van der Waals surface area contributed by atoms with Gasteiger partial charge in [-0.3, -0.25) is 0 Å². The molecule has 132 valence electrons. The van der Waals surface area contributed by atoms with E-state index in [4.69, 9.17) is 5.14 Å². The molecule has 1 unspecified atom stereocenters. The molecule has 25 heavy (non-hydrogen) atoms. The molecule has 3 aromatic rings. The van der Waals surface area contributed by atoms with E-state index in [9.17, 15) is 8.42 Å². The van der Waals surface area contributed by atoms with Crippen LogP contribution in [0.1, 0.15) is 35.3 Å². The Labute approximate surface area is 152 Å². The zero-order valence-electron chi connectivity index (χ0n) is 14.0. The van der Waals surface area contributed by atoms with Gasteiger partial charge < -0.3 is 4.57 Å². The highest BCUT2D eigenvalue weighted by Gasteiger charge is 2.12. The van der Waals surface area contributed by atoms with Crippen molar-refractivity contribution in [3.63, 3.8) is 0 Å². The number of nitrogens with zero attached hydrogens (tertiary/aromatic N) is 2. The van der Waals surface area contributed by atoms with Gasteiger partial charge in [0.05, 0.1) is 6.33 Å². The molecule has 0 aliphatic heterocycles. The van der Waals surface area contributed by atoms with Crippen LogP contribution in [0.2, 0.25) is 0 Å². The van der Waals surface area contributed by atoms with Crippen molar-refractivity contribution in [2.45, 2.75) is 36.4 Å². The molecule has 3 rings (SSSR count). The van der Waals surface area contributed by atoms with Crippen LogP contribution in [0.15, 0.2) is 59.3 Å². The number of rotatable bonds is 7. The summed E-state index contributed by atoms with van der Waals surface area (Å²) in [6.07, 6.45) is 7.35. The van der Waals surface area contributed by atoms with Crippen LogP contribution in [0.4, 0.5) is 0 Å². The predicted molar refractivity (Wildman–Crippen MR) is 100 cm³/mol. The third kappa shape index (κ3) is 4.78. The van der Waals surface area contributed by atoms with Gasteiger partial charge in [-0.1, -0.05) is 31.2 Å². The van der Waals surface area contributed by atoms with Crippen molar-refractivity contribution in [3.05, 3.63) is 71.1 Å². The van der Waals surface area contributed by atoms with E-state index in [0.29, 0.717) is 5.92 Å². The fourth-order valence-corrected chi connectivity index (χ4v) is 4.51. The Bertz CT molecular complexity index is 914. The molecule has 1 atom stereocenters. The van der Waals surface area contributed by atoms with Crippen LogP contribution in [0.3, 0.4) is 0 Å². The minimum atomic E-state index is -3.59. The summed E-state index contributed by atoms with van der Waals surface area (Å²) in [7, 11) is -3.59. The molecule has 0 radical (unpaired) electrons. The average Bonchev–Trinajstić information content (AvgIpc) is 3.24. The smallest absolute Gasteiger partial charge is 0.247 e. The molecule has 5 nitrogen and oxygen atoms in total. The van der Waals surface area contributed by atoms with Crippen LogP contribution in [0, 0.1) is 0 Å². The molecule has 2 N–H and O–H groups in total. The second-order valence-corrected chi connectivity index (χ2v) is 9.14. The van der Waals surface area contributed by atoms with Crippen molar-refractivity contribution in [1.29, 1.82) is 0 Å². The second-order valence-electron chi connectivity index (χ2n) is 6.18. The first-order valence-electron chi connectivity index (χ1n) is 8.08. The van der Waals surface area contributed by atoms with E-state index in [1.165, 1.54) is 22.5 Å². The number of hydrogen-bond donors (Lipinski definition) is 1. The van der Waals surface area contributed by atoms with Crippen molar-refractivity contribution < 1.29 is 8.42 Å².